The lowest BCUT2D eigenvalue weighted by molar-refractivity contribution is 0.174. The van der Waals surface area contributed by atoms with E-state index in [4.69, 9.17) is 9.47 Å². The molecule has 1 fully saturated rings. The molecule has 0 N–H and O–H groups in total. The predicted molar refractivity (Wildman–Crippen MR) is 110 cm³/mol. The molecule has 0 saturated heterocycles. The number of benzene rings is 2. The van der Waals surface area contributed by atoms with Crippen molar-refractivity contribution in [1.29, 1.82) is 0 Å². The highest BCUT2D eigenvalue weighted by molar-refractivity contribution is 7.98. The molecule has 0 unspecified atom stereocenters. The van der Waals surface area contributed by atoms with Gasteiger partial charge in [0.2, 0.25) is 11.8 Å². The van der Waals surface area contributed by atoms with E-state index < -0.39 is 0 Å². The summed E-state index contributed by atoms with van der Waals surface area (Å²) < 4.78 is 13.1. The number of hydrogen-bond acceptors (Lipinski definition) is 6. The van der Waals surface area contributed by atoms with Gasteiger partial charge >= 0.3 is 0 Å². The van der Waals surface area contributed by atoms with Crippen LogP contribution in [0.1, 0.15) is 29.9 Å². The van der Waals surface area contributed by atoms with Crippen LogP contribution < -0.4 is 9.47 Å². The number of fused-ring (bicyclic) bond motifs is 2. The van der Waals surface area contributed by atoms with Gasteiger partial charge in [-0.3, -0.25) is 4.40 Å². The van der Waals surface area contributed by atoms with Gasteiger partial charge in [0.25, 0.3) is 0 Å². The summed E-state index contributed by atoms with van der Waals surface area (Å²) in [5, 5.41) is 11.9. The van der Waals surface area contributed by atoms with Crippen LogP contribution in [0, 0.1) is 0 Å². The number of nitrogens with zero attached hydrogens (tertiary/aromatic N) is 3. The highest BCUT2D eigenvalue weighted by atomic mass is 32.2. The minimum Gasteiger partial charge on any atom is -0.454 e. The van der Waals surface area contributed by atoms with E-state index in [9.17, 15) is 0 Å². The van der Waals surface area contributed by atoms with Gasteiger partial charge in [0.1, 0.15) is 0 Å². The zero-order valence-electron chi connectivity index (χ0n) is 15.0. The maximum absolute atomic E-state index is 5.48. The van der Waals surface area contributed by atoms with Crippen LogP contribution in [0.2, 0.25) is 0 Å². The van der Waals surface area contributed by atoms with Crippen molar-refractivity contribution in [2.45, 2.75) is 29.7 Å². The van der Waals surface area contributed by atoms with Crippen LogP contribution in [-0.2, 0) is 5.75 Å². The van der Waals surface area contributed by atoms with Crippen molar-refractivity contribution in [1.82, 2.24) is 14.6 Å². The lowest BCUT2D eigenvalue weighted by Gasteiger charge is -2.06. The SMILES string of the molecule is c1cc(-c2csc3nnc(SCc4ccc5c(c4)OCO5)n23)cc(C2CC2)c1. The third kappa shape index (κ3) is 2.86. The topological polar surface area (TPSA) is 48.7 Å². The summed E-state index contributed by atoms with van der Waals surface area (Å²) in [6.07, 6.45) is 2.62. The number of ether oxygens (including phenoxy) is 2. The molecule has 2 aromatic carbocycles. The highest BCUT2D eigenvalue weighted by Crippen LogP contribution is 2.41. The van der Waals surface area contributed by atoms with Gasteiger partial charge in [-0.25, -0.2) is 0 Å². The molecule has 2 aliphatic rings. The molecule has 3 heterocycles. The lowest BCUT2D eigenvalue weighted by atomic mass is 10.1. The van der Waals surface area contributed by atoms with E-state index in [1.807, 2.05) is 12.1 Å². The Kier molecular flexibility index (Phi) is 3.84. The molecule has 0 bridgehead atoms. The van der Waals surface area contributed by atoms with Gasteiger partial charge in [0.05, 0.1) is 5.69 Å². The van der Waals surface area contributed by atoms with Crippen molar-refractivity contribution in [2.24, 2.45) is 0 Å². The Morgan fingerprint density at radius 1 is 1.07 bits per heavy atom. The summed E-state index contributed by atoms with van der Waals surface area (Å²) in [6, 6.07) is 15.0. The smallest absolute Gasteiger partial charge is 0.231 e. The van der Waals surface area contributed by atoms with E-state index in [1.54, 1.807) is 23.1 Å². The van der Waals surface area contributed by atoms with E-state index in [-0.39, 0.29) is 0 Å². The fourth-order valence-corrected chi connectivity index (χ4v) is 5.32. The van der Waals surface area contributed by atoms with Crippen LogP contribution in [0.15, 0.2) is 53.0 Å². The zero-order chi connectivity index (χ0) is 18.5. The quantitative estimate of drug-likeness (QED) is 0.417. The molecule has 0 atom stereocenters. The van der Waals surface area contributed by atoms with Crippen LogP contribution in [0.25, 0.3) is 16.2 Å². The van der Waals surface area contributed by atoms with Crippen LogP contribution in [0.4, 0.5) is 0 Å². The molecule has 7 heteroatoms. The number of thioether (sulfide) groups is 1. The molecular weight excluding hydrogens is 390 g/mol. The second-order valence-corrected chi connectivity index (χ2v) is 8.88. The Bertz CT molecular complexity index is 1180. The van der Waals surface area contributed by atoms with Gasteiger partial charge in [0, 0.05) is 11.1 Å². The van der Waals surface area contributed by atoms with Gasteiger partial charge in [-0.05, 0) is 53.6 Å². The minimum atomic E-state index is 0.301. The van der Waals surface area contributed by atoms with Crippen LogP contribution in [0.3, 0.4) is 0 Å². The van der Waals surface area contributed by atoms with Crippen LogP contribution in [-0.4, -0.2) is 21.4 Å². The van der Waals surface area contributed by atoms with Gasteiger partial charge in [0.15, 0.2) is 16.7 Å². The van der Waals surface area contributed by atoms with E-state index in [0.29, 0.717) is 6.79 Å². The summed E-state index contributed by atoms with van der Waals surface area (Å²) >= 11 is 3.33. The maximum Gasteiger partial charge on any atom is 0.231 e. The second-order valence-electron chi connectivity index (χ2n) is 7.10. The monoisotopic (exact) mass is 407 g/mol. The summed E-state index contributed by atoms with van der Waals surface area (Å²) in [6.45, 7) is 0.301. The van der Waals surface area contributed by atoms with Crippen molar-refractivity contribution in [3.63, 3.8) is 0 Å². The van der Waals surface area contributed by atoms with Crippen molar-refractivity contribution >= 4 is 28.1 Å². The Labute approximate surface area is 170 Å². The normalized spacial score (nSPS) is 15.4. The molecular formula is C21H17N3O2S2. The van der Waals surface area contributed by atoms with Gasteiger partial charge in [-0.2, -0.15) is 0 Å². The summed E-state index contributed by atoms with van der Waals surface area (Å²) in [5.74, 6) is 3.18. The molecule has 140 valence electrons. The molecule has 28 heavy (non-hydrogen) atoms. The van der Waals surface area contributed by atoms with Crippen LogP contribution >= 0.6 is 23.1 Å². The summed E-state index contributed by atoms with van der Waals surface area (Å²) in [4.78, 5) is 0.931. The largest absolute Gasteiger partial charge is 0.454 e. The molecule has 1 aliphatic heterocycles. The standard InChI is InChI=1S/C21H17N3O2S2/c1-2-15(14-5-6-14)9-16(3-1)17-11-28-21-23-22-20(24(17)21)27-10-13-4-7-18-19(8-13)26-12-25-18/h1-4,7-9,11,14H,5-6,10,12H2. The summed E-state index contributed by atoms with van der Waals surface area (Å²) in [5.41, 5.74) is 5.03. The van der Waals surface area contributed by atoms with E-state index >= 15 is 0 Å². The molecule has 4 aromatic rings. The van der Waals surface area contributed by atoms with E-state index in [0.717, 1.165) is 33.3 Å². The Balaban J connectivity index is 1.31. The first-order valence-corrected chi connectivity index (χ1v) is 11.2. The predicted octanol–water partition coefficient (Wildman–Crippen LogP) is 5.36. The van der Waals surface area contributed by atoms with Crippen molar-refractivity contribution < 1.29 is 9.47 Å². The van der Waals surface area contributed by atoms with Crippen molar-refractivity contribution in [3.8, 4) is 22.8 Å². The average molecular weight is 408 g/mol. The fraction of sp³-hybridized carbons (Fsp3) is 0.238. The third-order valence-corrected chi connectivity index (χ3v) is 6.97. The molecule has 0 radical (unpaired) electrons. The minimum absolute atomic E-state index is 0.301. The van der Waals surface area contributed by atoms with Crippen molar-refractivity contribution in [3.05, 3.63) is 59.0 Å². The molecule has 2 aromatic heterocycles. The Morgan fingerprint density at radius 2 is 2.00 bits per heavy atom. The number of aromatic nitrogens is 3. The first-order chi connectivity index (χ1) is 13.8. The molecule has 0 amide bonds. The number of hydrogen-bond donors (Lipinski definition) is 0. The van der Waals surface area contributed by atoms with Gasteiger partial charge in [-0.15, -0.1) is 21.5 Å². The van der Waals surface area contributed by atoms with E-state index in [2.05, 4.69) is 50.3 Å². The molecule has 5 nitrogen and oxygen atoms in total. The average Bonchev–Trinajstić information content (AvgIpc) is 3.14. The van der Waals surface area contributed by atoms with Crippen LogP contribution in [0.5, 0.6) is 11.5 Å². The van der Waals surface area contributed by atoms with Gasteiger partial charge < -0.3 is 9.47 Å². The first-order valence-electron chi connectivity index (χ1n) is 9.29. The van der Waals surface area contributed by atoms with Crippen molar-refractivity contribution in [2.75, 3.05) is 6.79 Å². The Morgan fingerprint density at radius 3 is 2.93 bits per heavy atom. The van der Waals surface area contributed by atoms with Gasteiger partial charge in [-0.1, -0.05) is 36.0 Å². The Hall–Kier alpha value is -2.51. The second kappa shape index (κ2) is 6.53. The fourth-order valence-electron chi connectivity index (χ4n) is 3.54. The first kappa shape index (κ1) is 16.4. The molecule has 6 rings (SSSR count). The zero-order valence-corrected chi connectivity index (χ0v) is 16.6. The third-order valence-electron chi connectivity index (χ3n) is 5.16. The molecule has 1 saturated carbocycles. The summed E-state index contributed by atoms with van der Waals surface area (Å²) in [7, 11) is 0. The molecule has 1 aliphatic carbocycles. The maximum atomic E-state index is 5.48. The highest BCUT2D eigenvalue weighted by Gasteiger charge is 2.24. The number of rotatable bonds is 5. The number of thiazole rings is 1. The molecule has 0 spiro atoms. The lowest BCUT2D eigenvalue weighted by Crippen LogP contribution is -1.93. The van der Waals surface area contributed by atoms with E-state index in [1.165, 1.54) is 35.2 Å².